The Balaban J connectivity index is 0.00000264. The van der Waals surface area contributed by atoms with Gasteiger partial charge in [0.1, 0.15) is 10.8 Å². The number of nitrogens with zero attached hydrogens (tertiary/aromatic N) is 3. The average molecular weight is 373 g/mol. The molecule has 122 valence electrons. The number of ether oxygens (including phenoxy) is 1. The van der Waals surface area contributed by atoms with Gasteiger partial charge in [-0.05, 0) is 44.2 Å². The molecule has 0 aliphatic rings. The summed E-state index contributed by atoms with van der Waals surface area (Å²) in [6, 6.07) is 10.4. The summed E-state index contributed by atoms with van der Waals surface area (Å²) in [4.78, 5) is 5.30. The monoisotopic (exact) mass is 371 g/mol. The topological polar surface area (TPSA) is 40.6 Å². The van der Waals surface area contributed by atoms with Gasteiger partial charge in [0.2, 0.25) is 5.39 Å². The molecule has 0 fully saturated rings. The van der Waals surface area contributed by atoms with E-state index in [9.17, 15) is 0 Å². The standard InChI is InChI=1S/C16H16Cl2N3O.ClH/c1-3-21(4-2)15-9-13(18)14(20-19)10-16(15)22-12-7-5-11(17)6-8-12;/h5-10H,3-4H2,1-2H3;1H/q+1;/p-1. The Morgan fingerprint density at radius 2 is 1.70 bits per heavy atom. The lowest BCUT2D eigenvalue weighted by Gasteiger charge is -2.23. The Labute approximate surface area is 152 Å². The van der Waals surface area contributed by atoms with E-state index in [4.69, 9.17) is 33.3 Å². The van der Waals surface area contributed by atoms with E-state index in [0.29, 0.717) is 21.5 Å². The highest BCUT2D eigenvalue weighted by atomic mass is 35.5. The van der Waals surface area contributed by atoms with Crippen molar-refractivity contribution in [1.82, 2.24) is 0 Å². The first-order valence-electron chi connectivity index (χ1n) is 6.96. The summed E-state index contributed by atoms with van der Waals surface area (Å²) in [5, 5.41) is 10.0. The second-order valence-corrected chi connectivity index (χ2v) is 5.44. The van der Waals surface area contributed by atoms with Crippen LogP contribution in [0.4, 0.5) is 11.4 Å². The maximum atomic E-state index is 9.04. The van der Waals surface area contributed by atoms with Crippen molar-refractivity contribution >= 4 is 34.6 Å². The quantitative estimate of drug-likeness (QED) is 0.757. The molecule has 0 aliphatic carbocycles. The molecule has 2 aromatic carbocycles. The van der Waals surface area contributed by atoms with Crippen LogP contribution in [0.1, 0.15) is 13.8 Å². The van der Waals surface area contributed by atoms with Gasteiger partial charge in [-0.1, -0.05) is 23.2 Å². The van der Waals surface area contributed by atoms with Gasteiger partial charge in [-0.15, -0.1) is 0 Å². The summed E-state index contributed by atoms with van der Waals surface area (Å²) in [5.41, 5.74) is 1.11. The summed E-state index contributed by atoms with van der Waals surface area (Å²) >= 11 is 12.0. The lowest BCUT2D eigenvalue weighted by atomic mass is 10.2. The van der Waals surface area contributed by atoms with Gasteiger partial charge >= 0.3 is 5.69 Å². The van der Waals surface area contributed by atoms with Crippen LogP contribution in [0, 0.1) is 5.39 Å². The Morgan fingerprint density at radius 1 is 1.09 bits per heavy atom. The van der Waals surface area contributed by atoms with Crippen LogP contribution in [0.2, 0.25) is 10.0 Å². The number of halogens is 3. The second-order valence-electron chi connectivity index (χ2n) is 4.60. The Kier molecular flexibility index (Phi) is 7.44. The largest absolute Gasteiger partial charge is 1.00 e. The molecule has 23 heavy (non-hydrogen) atoms. The molecular formula is C16H16Cl3N3O. The number of diazo groups is 1. The molecule has 0 amide bonds. The minimum Gasteiger partial charge on any atom is -1.00 e. The highest BCUT2D eigenvalue weighted by Crippen LogP contribution is 2.40. The molecule has 0 heterocycles. The molecule has 2 aromatic rings. The predicted molar refractivity (Wildman–Crippen MR) is 91.3 cm³/mol. The normalized spacial score (nSPS) is 9.70. The highest BCUT2D eigenvalue weighted by molar-refractivity contribution is 6.33. The lowest BCUT2D eigenvalue weighted by Crippen LogP contribution is -3.00. The maximum Gasteiger partial charge on any atom is 0.407 e. The van der Waals surface area contributed by atoms with E-state index in [1.54, 1.807) is 36.4 Å². The molecule has 2 rings (SSSR count). The number of benzene rings is 2. The van der Waals surface area contributed by atoms with Crippen LogP contribution in [-0.4, -0.2) is 13.1 Å². The van der Waals surface area contributed by atoms with Gasteiger partial charge in [0.15, 0.2) is 10.7 Å². The maximum absolute atomic E-state index is 9.04. The summed E-state index contributed by atoms with van der Waals surface area (Å²) in [7, 11) is 0. The number of anilines is 1. The fourth-order valence-electron chi connectivity index (χ4n) is 2.13. The van der Waals surface area contributed by atoms with Gasteiger partial charge < -0.3 is 22.0 Å². The van der Waals surface area contributed by atoms with Crippen molar-refractivity contribution in [2.75, 3.05) is 18.0 Å². The minimum atomic E-state index is 0. The van der Waals surface area contributed by atoms with E-state index in [0.717, 1.165) is 18.8 Å². The van der Waals surface area contributed by atoms with Crippen LogP contribution in [0.3, 0.4) is 0 Å². The lowest BCUT2D eigenvalue weighted by molar-refractivity contribution is -0.00000503. The van der Waals surface area contributed by atoms with Crippen molar-refractivity contribution in [3.8, 4) is 11.5 Å². The average Bonchev–Trinajstić information content (AvgIpc) is 2.53. The molecule has 7 heteroatoms. The summed E-state index contributed by atoms with van der Waals surface area (Å²) < 4.78 is 5.92. The van der Waals surface area contributed by atoms with Crippen LogP contribution in [0.15, 0.2) is 36.4 Å². The molecule has 0 aliphatic heterocycles. The fraction of sp³-hybridized carbons (Fsp3) is 0.250. The molecule has 0 spiro atoms. The molecule has 0 saturated heterocycles. The summed E-state index contributed by atoms with van der Waals surface area (Å²) in [6.45, 7) is 5.71. The van der Waals surface area contributed by atoms with Gasteiger partial charge in [0.25, 0.3) is 0 Å². The first kappa shape index (κ1) is 19.4. The number of rotatable bonds is 5. The molecule has 0 N–H and O–H groups in total. The van der Waals surface area contributed by atoms with E-state index in [1.165, 1.54) is 0 Å². The third-order valence-electron chi connectivity index (χ3n) is 3.28. The fourth-order valence-corrected chi connectivity index (χ4v) is 2.45. The van der Waals surface area contributed by atoms with E-state index in [-0.39, 0.29) is 18.1 Å². The smallest absolute Gasteiger partial charge is 0.407 e. The molecule has 0 atom stereocenters. The van der Waals surface area contributed by atoms with E-state index < -0.39 is 0 Å². The van der Waals surface area contributed by atoms with Crippen molar-refractivity contribution in [3.63, 3.8) is 0 Å². The molecular weight excluding hydrogens is 357 g/mol. The van der Waals surface area contributed by atoms with Gasteiger partial charge in [-0.3, -0.25) is 0 Å². The molecule has 0 bridgehead atoms. The van der Waals surface area contributed by atoms with E-state index in [2.05, 4.69) is 9.88 Å². The van der Waals surface area contributed by atoms with Crippen molar-refractivity contribution in [2.45, 2.75) is 13.8 Å². The molecule has 0 saturated carbocycles. The SMILES string of the molecule is CCN(CC)c1cc(Cl)c([N+]#N)cc1Oc1ccc(Cl)cc1.[Cl-]. The van der Waals surface area contributed by atoms with Gasteiger partial charge in [0.05, 0.1) is 11.8 Å². The molecule has 4 nitrogen and oxygen atoms in total. The zero-order valence-corrected chi connectivity index (χ0v) is 15.0. The minimum absolute atomic E-state index is 0. The molecule has 0 aromatic heterocycles. The van der Waals surface area contributed by atoms with Crippen LogP contribution < -0.4 is 22.0 Å². The van der Waals surface area contributed by atoms with Crippen molar-refractivity contribution in [1.29, 1.82) is 5.39 Å². The van der Waals surface area contributed by atoms with Crippen LogP contribution in [0.5, 0.6) is 11.5 Å². The zero-order chi connectivity index (χ0) is 16.1. The number of hydrogen-bond donors (Lipinski definition) is 0. The Hall–Kier alpha value is -1.67. The van der Waals surface area contributed by atoms with Crippen molar-refractivity contribution < 1.29 is 17.1 Å². The number of hydrogen-bond acceptors (Lipinski definition) is 3. The van der Waals surface area contributed by atoms with Gasteiger partial charge in [-0.25, -0.2) is 0 Å². The summed E-state index contributed by atoms with van der Waals surface area (Å²) in [6.07, 6.45) is 0. The van der Waals surface area contributed by atoms with Gasteiger partial charge in [-0.2, -0.15) is 0 Å². The Morgan fingerprint density at radius 3 is 2.22 bits per heavy atom. The van der Waals surface area contributed by atoms with E-state index >= 15 is 0 Å². The third kappa shape index (κ3) is 4.65. The zero-order valence-electron chi connectivity index (χ0n) is 12.8. The van der Waals surface area contributed by atoms with Crippen LogP contribution in [0.25, 0.3) is 4.98 Å². The molecule has 0 unspecified atom stereocenters. The first-order chi connectivity index (χ1) is 10.6. The first-order valence-corrected chi connectivity index (χ1v) is 7.71. The van der Waals surface area contributed by atoms with Crippen molar-refractivity contribution in [2.24, 2.45) is 0 Å². The Bertz CT molecular complexity index is 695. The highest BCUT2D eigenvalue weighted by Gasteiger charge is 2.21. The third-order valence-corrected chi connectivity index (χ3v) is 3.84. The van der Waals surface area contributed by atoms with Crippen molar-refractivity contribution in [3.05, 3.63) is 51.4 Å². The van der Waals surface area contributed by atoms with Gasteiger partial charge in [0, 0.05) is 18.1 Å². The predicted octanol–water partition coefficient (Wildman–Crippen LogP) is 3.12. The van der Waals surface area contributed by atoms with E-state index in [1.807, 2.05) is 13.8 Å². The van der Waals surface area contributed by atoms with Crippen LogP contribution >= 0.6 is 23.2 Å². The molecule has 0 radical (unpaired) electrons. The van der Waals surface area contributed by atoms with Crippen LogP contribution in [-0.2, 0) is 0 Å². The second kappa shape index (κ2) is 8.83. The summed E-state index contributed by atoms with van der Waals surface area (Å²) in [5.74, 6) is 1.22.